The monoisotopic (exact) mass is 327 g/mol. The van der Waals surface area contributed by atoms with Crippen molar-refractivity contribution in [2.75, 3.05) is 32.7 Å². The lowest BCUT2D eigenvalue weighted by molar-refractivity contribution is -0.121. The van der Waals surface area contributed by atoms with Gasteiger partial charge >= 0.3 is 0 Å². The van der Waals surface area contributed by atoms with E-state index in [9.17, 15) is 4.79 Å². The zero-order valence-electron chi connectivity index (χ0n) is 12.4. The molecule has 0 aromatic carbocycles. The molecule has 1 aliphatic heterocycles. The lowest BCUT2D eigenvalue weighted by Gasteiger charge is -2.26. The van der Waals surface area contributed by atoms with Crippen molar-refractivity contribution in [1.29, 1.82) is 0 Å². The lowest BCUT2D eigenvalue weighted by Crippen LogP contribution is -2.30. The number of nitrogens with one attached hydrogen (secondary N) is 1. The minimum Gasteiger partial charge on any atom is -0.356 e. The second-order valence-electron chi connectivity index (χ2n) is 5.21. The summed E-state index contributed by atoms with van der Waals surface area (Å²) >= 11 is 0. The molecule has 3 N–H and O–H groups in total. The predicted molar refractivity (Wildman–Crippen MR) is 89.9 cm³/mol. The largest absolute Gasteiger partial charge is 0.356 e. The summed E-state index contributed by atoms with van der Waals surface area (Å²) in [6.45, 7) is 5.24. The molecule has 0 bridgehead atoms. The highest BCUT2D eigenvalue weighted by atomic mass is 35.5. The Balaban J connectivity index is 0. The maximum absolute atomic E-state index is 11.3. The summed E-state index contributed by atoms with van der Waals surface area (Å²) in [5.74, 6) is 0.150. The van der Waals surface area contributed by atoms with Crippen molar-refractivity contribution in [3.05, 3.63) is 0 Å². The SMILES string of the molecule is Cl.Cl.NCCCC(=O)NCCCCCN1CCCCC1. The van der Waals surface area contributed by atoms with Gasteiger partial charge in [0.1, 0.15) is 0 Å². The van der Waals surface area contributed by atoms with Gasteiger partial charge in [-0.25, -0.2) is 0 Å². The number of hydrogen-bond acceptors (Lipinski definition) is 3. The average Bonchev–Trinajstić information content (AvgIpc) is 2.41. The van der Waals surface area contributed by atoms with Gasteiger partial charge in [0, 0.05) is 13.0 Å². The third-order valence-corrected chi connectivity index (χ3v) is 3.53. The Hall–Kier alpha value is -0.0300. The van der Waals surface area contributed by atoms with Crippen LogP contribution in [0.5, 0.6) is 0 Å². The minimum absolute atomic E-state index is 0. The predicted octanol–water partition coefficient (Wildman–Crippen LogP) is 2.34. The molecule has 6 heteroatoms. The highest BCUT2D eigenvalue weighted by molar-refractivity contribution is 5.85. The fraction of sp³-hybridized carbons (Fsp3) is 0.929. The molecule has 0 unspecified atom stereocenters. The zero-order valence-corrected chi connectivity index (χ0v) is 14.1. The fourth-order valence-electron chi connectivity index (χ4n) is 2.40. The first-order chi connectivity index (χ1) is 8.83. The molecule has 0 aliphatic carbocycles. The number of carbonyl (C=O) groups excluding carboxylic acids is 1. The molecule has 1 heterocycles. The fourth-order valence-corrected chi connectivity index (χ4v) is 2.40. The number of halogens is 2. The Kier molecular flexibility index (Phi) is 17.1. The topological polar surface area (TPSA) is 58.4 Å². The van der Waals surface area contributed by atoms with Crippen LogP contribution in [0.4, 0.5) is 0 Å². The average molecular weight is 328 g/mol. The van der Waals surface area contributed by atoms with Gasteiger partial charge in [0.25, 0.3) is 0 Å². The van der Waals surface area contributed by atoms with Crippen LogP contribution in [-0.2, 0) is 4.79 Å². The van der Waals surface area contributed by atoms with Gasteiger partial charge in [-0.15, -0.1) is 24.8 Å². The van der Waals surface area contributed by atoms with Crippen LogP contribution in [0, 0.1) is 0 Å². The summed E-state index contributed by atoms with van der Waals surface area (Å²) in [4.78, 5) is 13.9. The first-order valence-corrected chi connectivity index (χ1v) is 7.52. The van der Waals surface area contributed by atoms with E-state index < -0.39 is 0 Å². The van der Waals surface area contributed by atoms with Crippen molar-refractivity contribution in [3.63, 3.8) is 0 Å². The molecule has 1 amide bonds. The van der Waals surface area contributed by atoms with Gasteiger partial charge in [-0.3, -0.25) is 4.79 Å². The molecule has 4 nitrogen and oxygen atoms in total. The van der Waals surface area contributed by atoms with Crippen LogP contribution in [-0.4, -0.2) is 43.5 Å². The number of likely N-dealkylation sites (tertiary alicyclic amines) is 1. The van der Waals surface area contributed by atoms with Crippen LogP contribution in [0.15, 0.2) is 0 Å². The summed E-state index contributed by atoms with van der Waals surface area (Å²) in [7, 11) is 0. The van der Waals surface area contributed by atoms with Crippen LogP contribution in [0.2, 0.25) is 0 Å². The molecule has 20 heavy (non-hydrogen) atoms. The summed E-state index contributed by atoms with van der Waals surface area (Å²) < 4.78 is 0. The Morgan fingerprint density at radius 3 is 2.35 bits per heavy atom. The van der Waals surface area contributed by atoms with Crippen molar-refractivity contribution in [3.8, 4) is 0 Å². The van der Waals surface area contributed by atoms with Crippen molar-refractivity contribution in [1.82, 2.24) is 10.2 Å². The Labute approximate surface area is 136 Å². The number of amides is 1. The van der Waals surface area contributed by atoms with Gasteiger partial charge in [0.2, 0.25) is 5.91 Å². The van der Waals surface area contributed by atoms with Crippen LogP contribution in [0.1, 0.15) is 51.4 Å². The van der Waals surface area contributed by atoms with Crippen LogP contribution in [0.3, 0.4) is 0 Å². The summed E-state index contributed by atoms with van der Waals surface area (Å²) in [6.07, 6.45) is 9.10. The minimum atomic E-state index is 0. The third kappa shape index (κ3) is 11.8. The zero-order chi connectivity index (χ0) is 13.1. The van der Waals surface area contributed by atoms with E-state index >= 15 is 0 Å². The second kappa shape index (κ2) is 15.4. The van der Waals surface area contributed by atoms with Crippen molar-refractivity contribution in [2.24, 2.45) is 5.73 Å². The van der Waals surface area contributed by atoms with Crippen molar-refractivity contribution < 1.29 is 4.79 Å². The number of hydrogen-bond donors (Lipinski definition) is 2. The molecule has 1 rings (SSSR count). The van der Waals surface area contributed by atoms with E-state index in [2.05, 4.69) is 10.2 Å². The summed E-state index contributed by atoms with van der Waals surface area (Å²) in [5.41, 5.74) is 5.36. The summed E-state index contributed by atoms with van der Waals surface area (Å²) in [5, 5.41) is 2.95. The van der Waals surface area contributed by atoms with Gasteiger partial charge < -0.3 is 16.0 Å². The lowest BCUT2D eigenvalue weighted by atomic mass is 10.1. The van der Waals surface area contributed by atoms with Gasteiger partial charge in [-0.1, -0.05) is 12.8 Å². The van der Waals surface area contributed by atoms with E-state index in [4.69, 9.17) is 5.73 Å². The molecule has 1 saturated heterocycles. The molecule has 0 aromatic heterocycles. The van der Waals surface area contributed by atoms with Crippen molar-refractivity contribution >= 4 is 30.7 Å². The van der Waals surface area contributed by atoms with E-state index in [1.54, 1.807) is 0 Å². The highest BCUT2D eigenvalue weighted by Gasteiger charge is 2.08. The second-order valence-corrected chi connectivity index (χ2v) is 5.21. The molecule has 0 aromatic rings. The Morgan fingerprint density at radius 2 is 1.70 bits per heavy atom. The van der Waals surface area contributed by atoms with E-state index in [1.807, 2.05) is 0 Å². The Bertz CT molecular complexity index is 224. The summed E-state index contributed by atoms with van der Waals surface area (Å²) in [6, 6.07) is 0. The molecular formula is C14H31Cl2N3O. The third-order valence-electron chi connectivity index (χ3n) is 3.53. The van der Waals surface area contributed by atoms with Gasteiger partial charge in [0.05, 0.1) is 0 Å². The number of nitrogens with two attached hydrogens (primary N) is 1. The number of nitrogens with zero attached hydrogens (tertiary/aromatic N) is 1. The van der Waals surface area contributed by atoms with Crippen molar-refractivity contribution in [2.45, 2.75) is 51.4 Å². The highest BCUT2D eigenvalue weighted by Crippen LogP contribution is 2.09. The van der Waals surface area contributed by atoms with E-state index in [0.717, 1.165) is 19.4 Å². The first kappa shape index (κ1) is 22.3. The van der Waals surface area contributed by atoms with Gasteiger partial charge in [0.15, 0.2) is 0 Å². The number of piperidine rings is 1. The number of unbranched alkanes of at least 4 members (excludes halogenated alkanes) is 2. The maximum atomic E-state index is 11.3. The number of carbonyl (C=O) groups is 1. The Morgan fingerprint density at radius 1 is 1.00 bits per heavy atom. The van der Waals surface area contributed by atoms with Crippen LogP contribution < -0.4 is 11.1 Å². The van der Waals surface area contributed by atoms with Gasteiger partial charge in [-0.05, 0) is 58.3 Å². The molecule has 0 spiro atoms. The van der Waals surface area contributed by atoms with E-state index in [0.29, 0.717) is 13.0 Å². The molecule has 0 saturated carbocycles. The molecule has 0 radical (unpaired) electrons. The quantitative estimate of drug-likeness (QED) is 0.639. The molecule has 1 aliphatic rings. The molecule has 122 valence electrons. The van der Waals surface area contributed by atoms with E-state index in [1.165, 1.54) is 51.7 Å². The molecular weight excluding hydrogens is 297 g/mol. The van der Waals surface area contributed by atoms with Crippen LogP contribution >= 0.6 is 24.8 Å². The maximum Gasteiger partial charge on any atom is 0.220 e. The standard InChI is InChI=1S/C14H29N3O.2ClH/c15-9-7-8-14(18)16-10-3-1-4-11-17-12-5-2-6-13-17;;/h1-13,15H2,(H,16,18);2*1H. The van der Waals surface area contributed by atoms with E-state index in [-0.39, 0.29) is 30.7 Å². The van der Waals surface area contributed by atoms with Gasteiger partial charge in [-0.2, -0.15) is 0 Å². The molecule has 1 fully saturated rings. The smallest absolute Gasteiger partial charge is 0.220 e. The molecule has 0 atom stereocenters. The van der Waals surface area contributed by atoms with Crippen LogP contribution in [0.25, 0.3) is 0 Å². The normalized spacial score (nSPS) is 15.1. The number of rotatable bonds is 9. The first-order valence-electron chi connectivity index (χ1n) is 7.52.